The van der Waals surface area contributed by atoms with Crippen molar-refractivity contribution in [2.75, 3.05) is 26.3 Å². The summed E-state index contributed by atoms with van der Waals surface area (Å²) < 4.78 is 43.4. The lowest BCUT2D eigenvalue weighted by atomic mass is 9.97. The summed E-state index contributed by atoms with van der Waals surface area (Å²) in [6.07, 6.45) is 6.77. The normalized spacial score (nSPS) is 15.9. The Morgan fingerprint density at radius 2 is 1.72 bits per heavy atom. The van der Waals surface area contributed by atoms with Gasteiger partial charge in [0.2, 0.25) is 0 Å². The average molecular weight is 687 g/mol. The molecule has 50 heavy (non-hydrogen) atoms. The quantitative estimate of drug-likeness (QED) is 0.148. The van der Waals surface area contributed by atoms with Crippen molar-refractivity contribution in [1.82, 2.24) is 19.2 Å². The molecule has 0 amide bonds. The second-order valence-electron chi connectivity index (χ2n) is 13.4. The molecule has 0 aliphatic carbocycles. The summed E-state index contributed by atoms with van der Waals surface area (Å²) in [5.41, 5.74) is 5.13. The van der Waals surface area contributed by atoms with E-state index >= 15 is 0 Å². The van der Waals surface area contributed by atoms with E-state index in [9.17, 15) is 18.7 Å². The number of halogens is 2. The molecular formula is C40H48F2N4O4. The number of hydrogen-bond acceptors (Lipinski definition) is 5. The van der Waals surface area contributed by atoms with E-state index in [-0.39, 0.29) is 25.3 Å². The minimum atomic E-state index is -2.68. The van der Waals surface area contributed by atoms with Gasteiger partial charge in [0.15, 0.2) is 0 Å². The Balaban J connectivity index is 0.000000808. The average Bonchev–Trinajstić information content (AvgIpc) is 3.56. The molecule has 0 bridgehead atoms. The van der Waals surface area contributed by atoms with E-state index < -0.39 is 11.9 Å². The highest BCUT2D eigenvalue weighted by molar-refractivity contribution is 6.04. The van der Waals surface area contributed by atoms with Gasteiger partial charge in [0.25, 0.3) is 5.92 Å². The van der Waals surface area contributed by atoms with Gasteiger partial charge in [-0.1, -0.05) is 87.7 Å². The number of alkyl halides is 2. The Morgan fingerprint density at radius 3 is 2.46 bits per heavy atom. The Hall–Kier alpha value is -4.28. The first-order valence-electron chi connectivity index (χ1n) is 17.9. The number of fused-ring (bicyclic) bond motifs is 3. The van der Waals surface area contributed by atoms with E-state index in [4.69, 9.17) is 14.6 Å². The number of aryl methyl sites for hydroxylation is 3. The van der Waals surface area contributed by atoms with Gasteiger partial charge in [-0.3, -0.25) is 9.58 Å². The smallest absolute Gasteiger partial charge is 0.352 e. The van der Waals surface area contributed by atoms with E-state index in [1.54, 1.807) is 9.58 Å². The predicted molar refractivity (Wildman–Crippen MR) is 193 cm³/mol. The second kappa shape index (κ2) is 15.7. The van der Waals surface area contributed by atoms with Gasteiger partial charge in [-0.2, -0.15) is 5.10 Å². The van der Waals surface area contributed by atoms with Crippen LogP contribution in [-0.4, -0.2) is 62.5 Å². The van der Waals surface area contributed by atoms with Crippen LogP contribution in [0.5, 0.6) is 5.75 Å². The zero-order valence-electron chi connectivity index (χ0n) is 29.4. The first-order chi connectivity index (χ1) is 24.2. The van der Waals surface area contributed by atoms with Crippen LogP contribution >= 0.6 is 0 Å². The zero-order valence-corrected chi connectivity index (χ0v) is 29.4. The summed E-state index contributed by atoms with van der Waals surface area (Å²) in [6.45, 7) is 5.92. The van der Waals surface area contributed by atoms with Crippen molar-refractivity contribution < 1.29 is 28.2 Å². The molecule has 7 rings (SSSR count). The zero-order chi connectivity index (χ0) is 35.3. The standard InChI is InChI=1S/C35H36F2N4O4.C5H12/c1-39-29-20-44-17-5-4-16-41-32-25(12-7-13-27(32)31(29)28(38-39)19-40-21-35(36,37)22-40)26(33(41)34(42)43)14-8-18-45-30-15-6-10-23-9-2-3-11-24(23)30;1-3-5-4-2/h2-3,6-7,9-13,15H,4-5,8,14,16-22H2,1H3,(H,42,43);3-5H2,1-2H3. The maximum Gasteiger partial charge on any atom is 0.352 e. The van der Waals surface area contributed by atoms with E-state index in [1.165, 1.54) is 19.3 Å². The van der Waals surface area contributed by atoms with Crippen LogP contribution in [0.4, 0.5) is 8.78 Å². The van der Waals surface area contributed by atoms with E-state index in [2.05, 4.69) is 26.0 Å². The number of aromatic nitrogens is 3. The van der Waals surface area contributed by atoms with Gasteiger partial charge in [-0.25, -0.2) is 13.6 Å². The molecule has 3 aromatic carbocycles. The molecule has 0 spiro atoms. The maximum atomic E-state index is 13.7. The summed E-state index contributed by atoms with van der Waals surface area (Å²) >= 11 is 0. The topological polar surface area (TPSA) is 81.8 Å². The number of para-hydroxylation sites is 1. The molecular weight excluding hydrogens is 638 g/mol. The molecule has 0 saturated carbocycles. The number of carbonyl (C=O) groups is 1. The molecule has 1 fully saturated rings. The molecule has 2 aromatic heterocycles. The predicted octanol–water partition coefficient (Wildman–Crippen LogP) is 8.86. The summed E-state index contributed by atoms with van der Waals surface area (Å²) in [5, 5.41) is 18.4. The number of aromatic carboxylic acids is 1. The SMILES string of the molecule is CCCCC.Cn1nc(CN2CC(F)(F)C2)c2c1COCCCCn1c(C(=O)O)c(CCCOc3cccc4ccccc34)c3cccc-2c31. The monoisotopic (exact) mass is 686 g/mol. The fraction of sp³-hybridized carbons (Fsp3) is 0.450. The number of rotatable bonds is 10. The van der Waals surface area contributed by atoms with Gasteiger partial charge in [0.05, 0.1) is 43.2 Å². The highest BCUT2D eigenvalue weighted by atomic mass is 19.3. The first-order valence-corrected chi connectivity index (χ1v) is 17.9. The number of unbranched alkanes of at least 4 members (excludes halogenated alkanes) is 2. The van der Waals surface area contributed by atoms with Crippen LogP contribution in [0, 0.1) is 0 Å². The summed E-state index contributed by atoms with van der Waals surface area (Å²) in [5.74, 6) is -2.84. The molecule has 1 saturated heterocycles. The lowest BCUT2D eigenvalue weighted by Crippen LogP contribution is -2.55. The Kier molecular flexibility index (Phi) is 11.2. The number of hydrogen-bond donors (Lipinski definition) is 1. The molecule has 0 radical (unpaired) electrons. The molecule has 1 N–H and O–H groups in total. The van der Waals surface area contributed by atoms with Gasteiger partial charge in [0.1, 0.15) is 11.4 Å². The van der Waals surface area contributed by atoms with Crippen molar-refractivity contribution in [3.63, 3.8) is 0 Å². The third-order valence-corrected chi connectivity index (χ3v) is 9.63. The molecule has 10 heteroatoms. The fourth-order valence-corrected chi connectivity index (χ4v) is 7.29. The second-order valence-corrected chi connectivity index (χ2v) is 13.4. The highest BCUT2D eigenvalue weighted by Crippen LogP contribution is 2.40. The summed E-state index contributed by atoms with van der Waals surface area (Å²) in [4.78, 5) is 14.6. The number of carboxylic acids is 1. The van der Waals surface area contributed by atoms with Crippen LogP contribution in [0.25, 0.3) is 32.8 Å². The van der Waals surface area contributed by atoms with Crippen LogP contribution in [0.1, 0.15) is 79.8 Å². The van der Waals surface area contributed by atoms with Crippen molar-refractivity contribution >= 4 is 27.6 Å². The molecule has 266 valence electrons. The fourth-order valence-electron chi connectivity index (χ4n) is 7.29. The Labute approximate surface area is 292 Å². The van der Waals surface area contributed by atoms with Crippen molar-refractivity contribution in [2.24, 2.45) is 7.05 Å². The van der Waals surface area contributed by atoms with E-state index in [0.717, 1.165) is 62.7 Å². The van der Waals surface area contributed by atoms with Crippen LogP contribution in [-0.2, 0) is 37.9 Å². The van der Waals surface area contributed by atoms with Gasteiger partial charge < -0.3 is 19.1 Å². The third-order valence-electron chi connectivity index (χ3n) is 9.63. The molecule has 8 nitrogen and oxygen atoms in total. The van der Waals surface area contributed by atoms with Gasteiger partial charge in [-0.15, -0.1) is 0 Å². The van der Waals surface area contributed by atoms with Crippen molar-refractivity contribution in [3.05, 3.63) is 83.3 Å². The first kappa shape index (κ1) is 35.5. The molecule has 2 aliphatic heterocycles. The van der Waals surface area contributed by atoms with Gasteiger partial charge in [0, 0.05) is 48.6 Å². The Morgan fingerprint density at radius 1 is 0.980 bits per heavy atom. The maximum absolute atomic E-state index is 13.7. The number of carboxylic acid groups (broad SMARTS) is 1. The summed E-state index contributed by atoms with van der Waals surface area (Å²) in [7, 11) is 1.85. The Bertz CT molecular complexity index is 1930. The molecule has 5 aromatic rings. The number of ether oxygens (including phenoxy) is 2. The van der Waals surface area contributed by atoms with Crippen LogP contribution in [0.3, 0.4) is 0 Å². The van der Waals surface area contributed by atoms with Crippen molar-refractivity contribution in [3.8, 4) is 16.9 Å². The summed E-state index contributed by atoms with van der Waals surface area (Å²) in [6, 6.07) is 20.0. The lowest BCUT2D eigenvalue weighted by molar-refractivity contribution is -0.134. The van der Waals surface area contributed by atoms with Crippen molar-refractivity contribution in [1.29, 1.82) is 0 Å². The third kappa shape index (κ3) is 7.56. The minimum Gasteiger partial charge on any atom is -0.493 e. The van der Waals surface area contributed by atoms with Crippen LogP contribution < -0.4 is 4.74 Å². The van der Waals surface area contributed by atoms with Gasteiger partial charge >= 0.3 is 5.97 Å². The minimum absolute atomic E-state index is 0.278. The highest BCUT2D eigenvalue weighted by Gasteiger charge is 2.44. The number of likely N-dealkylation sites (tertiary alicyclic amines) is 1. The van der Waals surface area contributed by atoms with Crippen LogP contribution in [0.2, 0.25) is 0 Å². The molecule has 2 aliphatic rings. The van der Waals surface area contributed by atoms with E-state index in [0.29, 0.717) is 44.9 Å². The molecule has 0 atom stereocenters. The van der Waals surface area contributed by atoms with E-state index in [1.807, 2.05) is 60.1 Å². The molecule has 0 unspecified atom stereocenters. The number of benzene rings is 3. The number of nitrogens with zero attached hydrogens (tertiary/aromatic N) is 4. The molecule has 4 heterocycles. The van der Waals surface area contributed by atoms with Crippen molar-refractivity contribution in [2.45, 2.75) is 84.4 Å². The lowest BCUT2D eigenvalue weighted by Gasteiger charge is -2.38. The van der Waals surface area contributed by atoms with Gasteiger partial charge in [-0.05, 0) is 42.7 Å². The van der Waals surface area contributed by atoms with Crippen LogP contribution in [0.15, 0.2) is 60.7 Å². The largest absolute Gasteiger partial charge is 0.493 e.